The Bertz CT molecular complexity index is 878. The van der Waals surface area contributed by atoms with Gasteiger partial charge in [0.25, 0.3) is 0 Å². The highest BCUT2D eigenvalue weighted by atomic mass is 16.1. The Morgan fingerprint density at radius 3 is 2.14 bits per heavy atom. The average molecular weight is 380 g/mol. The topological polar surface area (TPSA) is 72.7 Å². The van der Waals surface area contributed by atoms with E-state index in [9.17, 15) is 4.79 Å². The maximum atomic E-state index is 12.8. The molecule has 6 nitrogen and oxygen atoms in total. The van der Waals surface area contributed by atoms with Gasteiger partial charge in [-0.2, -0.15) is 0 Å². The minimum atomic E-state index is 0.115. The number of rotatable bonds is 4. The Hall–Kier alpha value is -2.24. The number of nitrogens with zero attached hydrogens (tertiary/aromatic N) is 4. The summed E-state index contributed by atoms with van der Waals surface area (Å²) in [5.74, 6) is 4.18. The van der Waals surface area contributed by atoms with Crippen molar-refractivity contribution in [3.63, 3.8) is 0 Å². The summed E-state index contributed by atoms with van der Waals surface area (Å²) in [6.07, 6.45) is 12.0. The molecular formula is C22H29N5O. The van der Waals surface area contributed by atoms with Crippen LogP contribution < -0.4 is 5.32 Å². The van der Waals surface area contributed by atoms with Crippen LogP contribution in [0.2, 0.25) is 0 Å². The summed E-state index contributed by atoms with van der Waals surface area (Å²) in [6, 6.07) is 0. The van der Waals surface area contributed by atoms with Crippen LogP contribution in [-0.4, -0.2) is 25.4 Å². The van der Waals surface area contributed by atoms with Crippen molar-refractivity contribution in [1.82, 2.24) is 19.5 Å². The summed E-state index contributed by atoms with van der Waals surface area (Å²) in [4.78, 5) is 26.2. The minimum Gasteiger partial charge on any atom is -0.323 e. The smallest absolute Gasteiger partial charge is 0.235 e. The van der Waals surface area contributed by atoms with E-state index in [1.54, 1.807) is 12.4 Å². The van der Waals surface area contributed by atoms with E-state index in [0.717, 1.165) is 35.0 Å². The van der Waals surface area contributed by atoms with Gasteiger partial charge in [-0.25, -0.2) is 15.0 Å². The minimum absolute atomic E-state index is 0.115. The van der Waals surface area contributed by atoms with Gasteiger partial charge < -0.3 is 5.32 Å². The molecule has 4 aliphatic carbocycles. The molecule has 6 rings (SSSR count). The van der Waals surface area contributed by atoms with Crippen molar-refractivity contribution in [3.05, 3.63) is 29.6 Å². The van der Waals surface area contributed by atoms with Crippen molar-refractivity contribution in [3.8, 4) is 5.95 Å². The molecule has 2 aromatic heterocycles. The summed E-state index contributed by atoms with van der Waals surface area (Å²) in [7, 11) is 0. The lowest BCUT2D eigenvalue weighted by molar-refractivity contribution is -0.124. The lowest BCUT2D eigenvalue weighted by Crippen LogP contribution is -2.47. The highest BCUT2D eigenvalue weighted by molar-refractivity contribution is 5.90. The van der Waals surface area contributed by atoms with Gasteiger partial charge >= 0.3 is 0 Å². The van der Waals surface area contributed by atoms with Crippen molar-refractivity contribution < 1.29 is 4.79 Å². The molecule has 0 saturated heterocycles. The predicted octanol–water partition coefficient (Wildman–Crippen LogP) is 4.13. The number of carbonyl (C=O) groups is 1. The normalized spacial score (nSPS) is 30.6. The molecule has 28 heavy (non-hydrogen) atoms. The quantitative estimate of drug-likeness (QED) is 0.867. The predicted molar refractivity (Wildman–Crippen MR) is 107 cm³/mol. The molecule has 0 aromatic carbocycles. The SMILES string of the molecule is Cc1nc(C)n(-c2ncc(NC(=O)CC34CC5CC(CC(C5)C3)C4)cn2)c1C. The van der Waals surface area contributed by atoms with Crippen LogP contribution >= 0.6 is 0 Å². The largest absolute Gasteiger partial charge is 0.323 e. The Morgan fingerprint density at radius 1 is 1.07 bits per heavy atom. The van der Waals surface area contributed by atoms with Gasteiger partial charge in [-0.1, -0.05) is 0 Å². The van der Waals surface area contributed by atoms with E-state index in [1.165, 1.54) is 38.5 Å². The van der Waals surface area contributed by atoms with E-state index in [-0.39, 0.29) is 11.3 Å². The van der Waals surface area contributed by atoms with E-state index in [1.807, 2.05) is 25.3 Å². The van der Waals surface area contributed by atoms with Crippen LogP contribution in [0.25, 0.3) is 5.95 Å². The van der Waals surface area contributed by atoms with Crippen LogP contribution in [-0.2, 0) is 4.79 Å². The third kappa shape index (κ3) is 3.03. The van der Waals surface area contributed by atoms with E-state index in [0.29, 0.717) is 18.1 Å². The van der Waals surface area contributed by atoms with Crippen molar-refractivity contribution in [2.75, 3.05) is 5.32 Å². The summed E-state index contributed by atoms with van der Waals surface area (Å²) in [5, 5.41) is 3.04. The molecule has 0 spiro atoms. The van der Waals surface area contributed by atoms with Crippen molar-refractivity contribution in [2.45, 2.75) is 65.7 Å². The number of nitrogens with one attached hydrogen (secondary N) is 1. The third-order valence-corrected chi connectivity index (χ3v) is 7.33. The first-order chi connectivity index (χ1) is 13.4. The summed E-state index contributed by atoms with van der Waals surface area (Å²) in [6.45, 7) is 5.95. The number of hydrogen-bond donors (Lipinski definition) is 1. The maximum absolute atomic E-state index is 12.8. The van der Waals surface area contributed by atoms with Gasteiger partial charge in [0.1, 0.15) is 5.82 Å². The van der Waals surface area contributed by atoms with Gasteiger partial charge in [0, 0.05) is 12.1 Å². The van der Waals surface area contributed by atoms with E-state index in [2.05, 4.69) is 20.3 Å². The first-order valence-electron chi connectivity index (χ1n) is 10.6. The van der Waals surface area contributed by atoms with Crippen LogP contribution in [0.3, 0.4) is 0 Å². The number of imidazole rings is 1. The van der Waals surface area contributed by atoms with Gasteiger partial charge in [-0.3, -0.25) is 9.36 Å². The second-order valence-electron chi connectivity index (χ2n) is 9.58. The number of aryl methyl sites for hydroxylation is 2. The molecule has 0 radical (unpaired) electrons. The zero-order chi connectivity index (χ0) is 19.5. The fourth-order valence-electron chi connectivity index (χ4n) is 6.63. The zero-order valence-corrected chi connectivity index (χ0v) is 17.0. The molecule has 4 aliphatic rings. The highest BCUT2D eigenvalue weighted by Gasteiger charge is 2.51. The first kappa shape index (κ1) is 17.8. The second-order valence-corrected chi connectivity index (χ2v) is 9.58. The first-order valence-corrected chi connectivity index (χ1v) is 10.6. The lowest BCUT2D eigenvalue weighted by atomic mass is 9.49. The molecule has 2 heterocycles. The van der Waals surface area contributed by atoms with Gasteiger partial charge in [0.05, 0.1) is 23.8 Å². The van der Waals surface area contributed by atoms with Gasteiger partial charge in [-0.15, -0.1) is 0 Å². The van der Waals surface area contributed by atoms with E-state index in [4.69, 9.17) is 0 Å². The molecule has 0 unspecified atom stereocenters. The van der Waals surface area contributed by atoms with Crippen LogP contribution in [0.4, 0.5) is 5.69 Å². The number of aromatic nitrogens is 4. The number of amides is 1. The fourth-order valence-corrected chi connectivity index (χ4v) is 6.63. The highest BCUT2D eigenvalue weighted by Crippen LogP contribution is 2.61. The maximum Gasteiger partial charge on any atom is 0.235 e. The van der Waals surface area contributed by atoms with Gasteiger partial charge in [0.2, 0.25) is 11.9 Å². The van der Waals surface area contributed by atoms with Gasteiger partial charge in [-0.05, 0) is 82.5 Å². The Morgan fingerprint density at radius 2 is 1.64 bits per heavy atom. The van der Waals surface area contributed by atoms with E-state index >= 15 is 0 Å². The van der Waals surface area contributed by atoms with Crippen LogP contribution in [0.1, 0.15) is 62.2 Å². The monoisotopic (exact) mass is 379 g/mol. The summed E-state index contributed by atoms with van der Waals surface area (Å²) in [5.41, 5.74) is 2.94. The van der Waals surface area contributed by atoms with Crippen LogP contribution in [0.5, 0.6) is 0 Å². The molecule has 0 atom stereocenters. The molecule has 4 bridgehead atoms. The molecule has 2 aromatic rings. The average Bonchev–Trinajstić information content (AvgIpc) is 2.86. The van der Waals surface area contributed by atoms with E-state index < -0.39 is 0 Å². The van der Waals surface area contributed by atoms with Crippen molar-refractivity contribution >= 4 is 11.6 Å². The second kappa shape index (κ2) is 6.39. The van der Waals surface area contributed by atoms with Crippen molar-refractivity contribution in [2.24, 2.45) is 23.2 Å². The molecule has 1 amide bonds. The third-order valence-electron chi connectivity index (χ3n) is 7.33. The standard InChI is InChI=1S/C22H29N5O/c1-13-14(2)27(15(3)25-13)21-23-11-19(12-24-21)26-20(28)10-22-7-16-4-17(8-22)6-18(5-16)9-22/h11-12,16-18H,4-10H2,1-3H3,(H,26,28). The van der Waals surface area contributed by atoms with Crippen LogP contribution in [0, 0.1) is 43.9 Å². The number of hydrogen-bond acceptors (Lipinski definition) is 4. The van der Waals surface area contributed by atoms with Crippen LogP contribution in [0.15, 0.2) is 12.4 Å². The summed E-state index contributed by atoms with van der Waals surface area (Å²) < 4.78 is 1.94. The lowest BCUT2D eigenvalue weighted by Gasteiger charge is -2.56. The Labute approximate surface area is 166 Å². The molecular weight excluding hydrogens is 350 g/mol. The molecule has 4 fully saturated rings. The van der Waals surface area contributed by atoms with Gasteiger partial charge in [0.15, 0.2) is 0 Å². The Balaban J connectivity index is 1.27. The van der Waals surface area contributed by atoms with Crippen molar-refractivity contribution in [1.29, 1.82) is 0 Å². The molecule has 148 valence electrons. The number of carbonyl (C=O) groups excluding carboxylic acids is 1. The summed E-state index contributed by atoms with van der Waals surface area (Å²) >= 11 is 0. The molecule has 1 N–H and O–H groups in total. The molecule has 6 heteroatoms. The number of anilines is 1. The zero-order valence-electron chi connectivity index (χ0n) is 17.0. The fraction of sp³-hybridized carbons (Fsp3) is 0.636. The Kier molecular flexibility index (Phi) is 4.07. The molecule has 0 aliphatic heterocycles. The molecule has 4 saturated carbocycles.